The van der Waals surface area contributed by atoms with E-state index >= 15 is 0 Å². The van der Waals surface area contributed by atoms with E-state index in [-0.39, 0.29) is 35.0 Å². The highest BCUT2D eigenvalue weighted by molar-refractivity contribution is 5.64. The monoisotopic (exact) mass is 566 g/mol. The zero-order valence-electron chi connectivity index (χ0n) is 23.9. The summed E-state index contributed by atoms with van der Waals surface area (Å²) in [6.45, 7) is 8.79. The lowest BCUT2D eigenvalue weighted by Crippen LogP contribution is -2.24. The molecule has 3 N–H and O–H groups in total. The number of ether oxygens (including phenoxy) is 3. The average molecular weight is 567 g/mol. The first kappa shape index (κ1) is 29.8. The molecule has 2 heterocycles. The lowest BCUT2D eigenvalue weighted by Gasteiger charge is -2.23. The number of non-ortho nitro benzene ring substituents is 1. The quantitative estimate of drug-likeness (QED) is 0.0921. The molecular formula is C29H38N6O6. The summed E-state index contributed by atoms with van der Waals surface area (Å²) in [6, 6.07) is 11.2. The third kappa shape index (κ3) is 8.40. The lowest BCUT2D eigenvalue weighted by molar-refractivity contribution is -0.384. The van der Waals surface area contributed by atoms with Crippen molar-refractivity contribution in [1.29, 1.82) is 0 Å². The van der Waals surface area contributed by atoms with Gasteiger partial charge in [0, 0.05) is 48.1 Å². The topological polar surface area (TPSA) is 157 Å². The van der Waals surface area contributed by atoms with Crippen molar-refractivity contribution in [3.05, 3.63) is 64.5 Å². The Hall–Kier alpha value is -4.19. The van der Waals surface area contributed by atoms with Crippen molar-refractivity contribution >= 4 is 23.3 Å². The number of carbonyl (C=O) groups excluding carboxylic acids is 1. The molecule has 1 aliphatic carbocycles. The fraction of sp³-hybridized carbons (Fsp3) is 0.483. The summed E-state index contributed by atoms with van der Waals surface area (Å²) < 4.78 is 18.5. The zero-order valence-corrected chi connectivity index (χ0v) is 23.9. The minimum atomic E-state index is -0.833. The molecule has 12 heteroatoms. The van der Waals surface area contributed by atoms with Crippen LogP contribution in [0.1, 0.15) is 71.4 Å². The fourth-order valence-electron chi connectivity index (χ4n) is 4.70. The predicted octanol–water partition coefficient (Wildman–Crippen LogP) is 6.04. The largest absolute Gasteiger partial charge is 0.514 e. The Morgan fingerprint density at radius 3 is 2.66 bits per heavy atom. The van der Waals surface area contributed by atoms with Crippen LogP contribution in [0.5, 0.6) is 11.6 Å². The van der Waals surface area contributed by atoms with Gasteiger partial charge >= 0.3 is 6.16 Å². The van der Waals surface area contributed by atoms with Gasteiger partial charge in [-0.1, -0.05) is 0 Å². The van der Waals surface area contributed by atoms with E-state index in [0.29, 0.717) is 25.3 Å². The number of rotatable bonds is 11. The van der Waals surface area contributed by atoms with E-state index in [1.807, 2.05) is 29.8 Å². The Bertz CT molecular complexity index is 1330. The zero-order chi connectivity index (χ0) is 29.6. The lowest BCUT2D eigenvalue weighted by atomic mass is 10.0. The molecule has 0 radical (unpaired) electrons. The molecule has 0 aliphatic heterocycles. The van der Waals surface area contributed by atoms with Crippen molar-refractivity contribution in [2.75, 3.05) is 11.9 Å². The highest BCUT2D eigenvalue weighted by Gasteiger charge is 2.32. The highest BCUT2D eigenvalue weighted by Crippen LogP contribution is 2.38. The van der Waals surface area contributed by atoms with Gasteiger partial charge in [0.1, 0.15) is 17.7 Å². The van der Waals surface area contributed by atoms with Crippen molar-refractivity contribution in [2.45, 2.75) is 83.4 Å². The molecule has 1 aliphatic rings. The Morgan fingerprint density at radius 2 is 1.98 bits per heavy atom. The summed E-state index contributed by atoms with van der Waals surface area (Å²) >= 11 is 0. The molecule has 1 fully saturated rings. The first-order valence-electron chi connectivity index (χ1n) is 13.8. The first-order chi connectivity index (χ1) is 19.5. The van der Waals surface area contributed by atoms with Gasteiger partial charge in [-0.25, -0.2) is 14.5 Å². The molecule has 1 saturated carbocycles. The fourth-order valence-corrected chi connectivity index (χ4v) is 4.70. The van der Waals surface area contributed by atoms with Crippen LogP contribution in [0.25, 0.3) is 0 Å². The Kier molecular flexibility index (Phi) is 9.43. The Balaban J connectivity index is 1.37. The highest BCUT2D eigenvalue weighted by atomic mass is 16.7. The number of nitro groups is 1. The smallest absolute Gasteiger partial charge is 0.478 e. The van der Waals surface area contributed by atoms with E-state index in [0.717, 1.165) is 36.5 Å². The predicted molar refractivity (Wildman–Crippen MR) is 154 cm³/mol. The number of nitro benzene ring substituents is 1. The third-order valence-electron chi connectivity index (χ3n) is 6.74. The van der Waals surface area contributed by atoms with Gasteiger partial charge in [0.05, 0.1) is 22.8 Å². The normalized spacial score (nSPS) is 17.6. The summed E-state index contributed by atoms with van der Waals surface area (Å²) in [6.07, 6.45) is 4.41. The summed E-state index contributed by atoms with van der Waals surface area (Å²) in [4.78, 5) is 26.9. The van der Waals surface area contributed by atoms with Gasteiger partial charge in [0.2, 0.25) is 5.88 Å². The number of anilines is 2. The SMILES string of the molecule is C[C@H](N)CCCOc1cc(Nc2cc([C@H]3CC[C@@H](OC(=O)Oc4ccc([N+](=O)[O-])cc4)C3)nn2C(C)(C)C)ccn1. The second-order valence-electron chi connectivity index (χ2n) is 11.4. The molecule has 4 rings (SSSR count). The van der Waals surface area contributed by atoms with Gasteiger partial charge in [0.25, 0.3) is 5.69 Å². The molecule has 3 aromatic rings. The van der Waals surface area contributed by atoms with Crippen LogP contribution in [0.4, 0.5) is 22.0 Å². The van der Waals surface area contributed by atoms with Gasteiger partial charge in [-0.15, -0.1) is 0 Å². The second-order valence-corrected chi connectivity index (χ2v) is 11.4. The van der Waals surface area contributed by atoms with Crippen LogP contribution in [0.15, 0.2) is 48.7 Å². The van der Waals surface area contributed by atoms with Gasteiger partial charge in [-0.05, 0) is 78.0 Å². The van der Waals surface area contributed by atoms with Crippen LogP contribution in [-0.4, -0.2) is 44.6 Å². The number of carbonyl (C=O) groups is 1. The average Bonchev–Trinajstić information content (AvgIpc) is 3.54. The third-order valence-corrected chi connectivity index (χ3v) is 6.74. The summed E-state index contributed by atoms with van der Waals surface area (Å²) in [5, 5.41) is 19.2. The summed E-state index contributed by atoms with van der Waals surface area (Å²) in [7, 11) is 0. The van der Waals surface area contributed by atoms with Gasteiger partial charge in [-0.3, -0.25) is 10.1 Å². The number of nitrogens with zero attached hydrogens (tertiary/aromatic N) is 4. The molecule has 220 valence electrons. The molecule has 1 aromatic carbocycles. The molecule has 0 bridgehead atoms. The number of hydrogen-bond acceptors (Lipinski definition) is 10. The van der Waals surface area contributed by atoms with Crippen molar-refractivity contribution in [3.8, 4) is 11.6 Å². The molecule has 12 nitrogen and oxygen atoms in total. The first-order valence-corrected chi connectivity index (χ1v) is 13.8. The molecule has 0 amide bonds. The molecule has 0 unspecified atom stereocenters. The van der Waals surface area contributed by atoms with Crippen molar-refractivity contribution in [1.82, 2.24) is 14.8 Å². The Labute approximate surface area is 239 Å². The number of aromatic nitrogens is 3. The minimum Gasteiger partial charge on any atom is -0.478 e. The van der Waals surface area contributed by atoms with Gasteiger partial charge in [-0.2, -0.15) is 5.10 Å². The maximum absolute atomic E-state index is 12.3. The maximum atomic E-state index is 12.3. The second kappa shape index (κ2) is 13.0. The van der Waals surface area contributed by atoms with Gasteiger partial charge in [0.15, 0.2) is 0 Å². The van der Waals surface area contributed by atoms with Gasteiger partial charge < -0.3 is 25.3 Å². The van der Waals surface area contributed by atoms with Crippen LogP contribution in [0.3, 0.4) is 0 Å². The van der Waals surface area contributed by atoms with Crippen molar-refractivity contribution in [2.24, 2.45) is 5.73 Å². The molecule has 3 atom stereocenters. The number of nitrogens with two attached hydrogens (primary N) is 1. The molecule has 2 aromatic heterocycles. The number of benzene rings is 1. The van der Waals surface area contributed by atoms with E-state index in [1.165, 1.54) is 24.3 Å². The van der Waals surface area contributed by atoms with E-state index < -0.39 is 11.1 Å². The molecule has 0 saturated heterocycles. The number of pyridine rings is 1. The Morgan fingerprint density at radius 1 is 1.22 bits per heavy atom. The van der Waals surface area contributed by atoms with E-state index in [1.54, 1.807) is 6.20 Å². The van der Waals surface area contributed by atoms with E-state index in [4.69, 9.17) is 25.0 Å². The number of hydrogen-bond donors (Lipinski definition) is 2. The molecule has 41 heavy (non-hydrogen) atoms. The van der Waals surface area contributed by atoms with E-state index in [2.05, 4.69) is 31.1 Å². The molecule has 0 spiro atoms. The maximum Gasteiger partial charge on any atom is 0.514 e. The standard InChI is InChI=1S/C29H38N6O6/c1-19(30)6-5-15-39-27-17-21(13-14-31-27)32-26-18-25(33-34(26)29(2,3)4)20-7-10-24(16-20)41-28(36)40-23-11-8-22(9-12-23)35(37)38/h8-9,11-14,17-20,24H,5-7,10,15-16,30H2,1-4H3,(H,31,32)/t19-,20-,24+/m0/s1. The molecular weight excluding hydrogens is 528 g/mol. The summed E-state index contributed by atoms with van der Waals surface area (Å²) in [5.74, 6) is 1.67. The minimum absolute atomic E-state index is 0.0846. The van der Waals surface area contributed by atoms with Crippen LogP contribution in [-0.2, 0) is 10.3 Å². The van der Waals surface area contributed by atoms with Crippen LogP contribution in [0.2, 0.25) is 0 Å². The van der Waals surface area contributed by atoms with Crippen molar-refractivity contribution in [3.63, 3.8) is 0 Å². The van der Waals surface area contributed by atoms with Crippen molar-refractivity contribution < 1.29 is 23.9 Å². The van der Waals surface area contributed by atoms with Crippen LogP contribution >= 0.6 is 0 Å². The van der Waals surface area contributed by atoms with Crippen LogP contribution in [0, 0.1) is 10.1 Å². The summed E-state index contributed by atoms with van der Waals surface area (Å²) in [5.41, 5.74) is 7.20. The van der Waals surface area contributed by atoms with Crippen LogP contribution < -0.4 is 20.5 Å². The van der Waals surface area contributed by atoms with E-state index in [9.17, 15) is 14.9 Å². The number of nitrogens with one attached hydrogen (secondary N) is 1.